The highest BCUT2D eigenvalue weighted by Crippen LogP contribution is 2.36. The van der Waals surface area contributed by atoms with E-state index in [2.05, 4.69) is 36.9 Å². The van der Waals surface area contributed by atoms with E-state index in [0.29, 0.717) is 33.4 Å². The minimum Gasteiger partial charge on any atom is -0.455 e. The summed E-state index contributed by atoms with van der Waals surface area (Å²) in [6.07, 6.45) is 0.595. The Labute approximate surface area is 175 Å². The van der Waals surface area contributed by atoms with Crippen LogP contribution in [0.25, 0.3) is 0 Å². The zero-order valence-corrected chi connectivity index (χ0v) is 18.5. The first-order chi connectivity index (χ1) is 12.7. The van der Waals surface area contributed by atoms with Crippen LogP contribution < -0.4 is 16.2 Å². The summed E-state index contributed by atoms with van der Waals surface area (Å²) in [4.78, 5) is 3.97. The number of halogens is 2. The van der Waals surface area contributed by atoms with Crippen molar-refractivity contribution in [2.45, 2.75) is 24.8 Å². The first-order valence-corrected chi connectivity index (χ1v) is 10.9. The van der Waals surface area contributed by atoms with Gasteiger partial charge in [0, 0.05) is 6.07 Å². The third kappa shape index (κ3) is 6.20. The summed E-state index contributed by atoms with van der Waals surface area (Å²) in [6.45, 7) is 2.30. The summed E-state index contributed by atoms with van der Waals surface area (Å²) in [7, 11) is -3.84. The molecule has 0 aliphatic heterocycles. The van der Waals surface area contributed by atoms with Crippen LogP contribution in [0.1, 0.15) is 18.9 Å². The molecule has 4 N–H and O–H groups in total. The van der Waals surface area contributed by atoms with Crippen molar-refractivity contribution in [1.29, 1.82) is 0 Å². The summed E-state index contributed by atoms with van der Waals surface area (Å²) in [6, 6.07) is 9.83. The molecule has 0 aliphatic rings. The molecular weight excluding hydrogens is 502 g/mol. The molecule has 0 radical (unpaired) electrons. The molecule has 0 saturated heterocycles. The van der Waals surface area contributed by atoms with Crippen LogP contribution in [-0.2, 0) is 20.8 Å². The number of guanidine groups is 1. The molecule has 7 nitrogen and oxygen atoms in total. The van der Waals surface area contributed by atoms with Crippen LogP contribution in [0.5, 0.6) is 11.5 Å². The lowest BCUT2D eigenvalue weighted by molar-refractivity contribution is 0.318. The lowest BCUT2D eigenvalue weighted by atomic mass is 10.2. The SMILES string of the molecule is CCCOS(=O)(=O)c1ccc(Br)c(Oc2ccc(CN=C(N)N)cc2Br)c1. The van der Waals surface area contributed by atoms with Crippen LogP contribution >= 0.6 is 31.9 Å². The van der Waals surface area contributed by atoms with Crippen molar-refractivity contribution in [3.63, 3.8) is 0 Å². The summed E-state index contributed by atoms with van der Waals surface area (Å²) in [5, 5.41) is 0. The predicted molar refractivity (Wildman–Crippen MR) is 111 cm³/mol. The Morgan fingerprint density at radius 2 is 1.81 bits per heavy atom. The Bertz CT molecular complexity index is 945. The molecule has 0 aliphatic carbocycles. The van der Waals surface area contributed by atoms with Gasteiger partial charge in [-0.2, -0.15) is 8.42 Å². The smallest absolute Gasteiger partial charge is 0.297 e. The van der Waals surface area contributed by atoms with Gasteiger partial charge in [0.05, 0.1) is 27.0 Å². The molecular formula is C17H19Br2N3O4S. The fourth-order valence-electron chi connectivity index (χ4n) is 2.00. The van der Waals surface area contributed by atoms with E-state index in [1.165, 1.54) is 12.1 Å². The van der Waals surface area contributed by atoms with Gasteiger partial charge in [-0.15, -0.1) is 0 Å². The summed E-state index contributed by atoms with van der Waals surface area (Å²) in [5.41, 5.74) is 11.5. The standard InChI is InChI=1S/C17H19Br2N3O4S/c1-2-7-25-27(23,24)12-4-5-13(18)16(9-12)26-15-6-3-11(8-14(15)19)10-22-17(20)21/h3-6,8-9H,2,7,10H2,1H3,(H4,20,21,22). The maximum Gasteiger partial charge on any atom is 0.297 e. The molecule has 0 spiro atoms. The van der Waals surface area contributed by atoms with E-state index in [0.717, 1.165) is 5.56 Å². The number of benzene rings is 2. The fourth-order valence-corrected chi connectivity index (χ4v) is 3.85. The molecule has 2 aromatic carbocycles. The summed E-state index contributed by atoms with van der Waals surface area (Å²) >= 11 is 6.80. The maximum atomic E-state index is 12.2. The second kappa shape index (κ2) is 9.54. The van der Waals surface area contributed by atoms with Gasteiger partial charge in [-0.1, -0.05) is 13.0 Å². The molecule has 10 heteroatoms. The summed E-state index contributed by atoms with van der Waals surface area (Å²) < 4.78 is 36.5. The van der Waals surface area contributed by atoms with Crippen LogP contribution in [0.4, 0.5) is 0 Å². The normalized spacial score (nSPS) is 11.2. The van der Waals surface area contributed by atoms with Crippen molar-refractivity contribution in [2.75, 3.05) is 6.61 Å². The molecule has 2 rings (SSSR count). The highest BCUT2D eigenvalue weighted by molar-refractivity contribution is 9.11. The lowest BCUT2D eigenvalue weighted by Crippen LogP contribution is -2.22. The van der Waals surface area contributed by atoms with Gasteiger partial charge < -0.3 is 16.2 Å². The molecule has 0 fully saturated rings. The number of rotatable bonds is 8. The molecule has 0 aromatic heterocycles. The molecule has 0 heterocycles. The van der Waals surface area contributed by atoms with Crippen molar-refractivity contribution in [3.8, 4) is 11.5 Å². The minimum absolute atomic E-state index is 0.0127. The largest absolute Gasteiger partial charge is 0.455 e. The number of ether oxygens (including phenoxy) is 1. The number of nitrogens with zero attached hydrogens (tertiary/aromatic N) is 1. The van der Waals surface area contributed by atoms with Gasteiger partial charge in [0.15, 0.2) is 5.96 Å². The van der Waals surface area contributed by atoms with Crippen LogP contribution in [0.3, 0.4) is 0 Å². The average Bonchev–Trinajstić information content (AvgIpc) is 2.61. The van der Waals surface area contributed by atoms with E-state index >= 15 is 0 Å². The monoisotopic (exact) mass is 519 g/mol. The van der Waals surface area contributed by atoms with Gasteiger partial charge in [-0.3, -0.25) is 4.18 Å². The van der Waals surface area contributed by atoms with E-state index in [4.69, 9.17) is 20.4 Å². The number of hydrogen-bond acceptors (Lipinski definition) is 5. The Balaban J connectivity index is 2.27. The number of aliphatic imine (C=N–C) groups is 1. The Kier molecular flexibility index (Phi) is 7.66. The van der Waals surface area contributed by atoms with Crippen LogP contribution in [0, 0.1) is 0 Å². The Morgan fingerprint density at radius 3 is 2.44 bits per heavy atom. The van der Waals surface area contributed by atoms with Gasteiger partial charge in [0.25, 0.3) is 10.1 Å². The highest BCUT2D eigenvalue weighted by atomic mass is 79.9. The van der Waals surface area contributed by atoms with Gasteiger partial charge in [-0.05, 0) is 68.1 Å². The number of nitrogens with two attached hydrogens (primary N) is 2. The van der Waals surface area contributed by atoms with E-state index in [9.17, 15) is 8.42 Å². The van der Waals surface area contributed by atoms with Crippen LogP contribution in [0.2, 0.25) is 0 Å². The molecule has 0 saturated carbocycles. The fraction of sp³-hybridized carbons (Fsp3) is 0.235. The van der Waals surface area contributed by atoms with Crippen LogP contribution in [0.15, 0.2) is 55.2 Å². The quantitative estimate of drug-likeness (QED) is 0.309. The highest BCUT2D eigenvalue weighted by Gasteiger charge is 2.18. The maximum absolute atomic E-state index is 12.2. The topological polar surface area (TPSA) is 117 Å². The van der Waals surface area contributed by atoms with Crippen molar-refractivity contribution in [2.24, 2.45) is 16.5 Å². The minimum atomic E-state index is -3.84. The van der Waals surface area contributed by atoms with E-state index in [1.54, 1.807) is 12.1 Å². The van der Waals surface area contributed by atoms with Gasteiger partial charge in [-0.25, -0.2) is 4.99 Å². The van der Waals surface area contributed by atoms with E-state index < -0.39 is 10.1 Å². The second-order valence-corrected chi connectivity index (χ2v) is 8.80. The Morgan fingerprint density at radius 1 is 1.07 bits per heavy atom. The first kappa shape index (κ1) is 21.7. The average molecular weight is 521 g/mol. The molecule has 146 valence electrons. The third-order valence-electron chi connectivity index (χ3n) is 3.29. The lowest BCUT2D eigenvalue weighted by Gasteiger charge is -2.12. The van der Waals surface area contributed by atoms with Gasteiger partial charge >= 0.3 is 0 Å². The summed E-state index contributed by atoms with van der Waals surface area (Å²) in [5.74, 6) is 0.862. The molecule has 0 amide bonds. The van der Waals surface area contributed by atoms with Crippen molar-refractivity contribution in [3.05, 3.63) is 50.9 Å². The van der Waals surface area contributed by atoms with Crippen molar-refractivity contribution in [1.82, 2.24) is 0 Å². The van der Waals surface area contributed by atoms with E-state index in [1.807, 2.05) is 19.1 Å². The second-order valence-electron chi connectivity index (χ2n) is 5.48. The van der Waals surface area contributed by atoms with Gasteiger partial charge in [0.2, 0.25) is 0 Å². The number of hydrogen-bond donors (Lipinski definition) is 2. The molecule has 0 atom stereocenters. The van der Waals surface area contributed by atoms with Crippen molar-refractivity contribution < 1.29 is 17.3 Å². The van der Waals surface area contributed by atoms with Crippen molar-refractivity contribution >= 4 is 47.9 Å². The predicted octanol–water partition coefficient (Wildman–Crippen LogP) is 3.89. The zero-order valence-electron chi connectivity index (χ0n) is 14.5. The molecule has 27 heavy (non-hydrogen) atoms. The van der Waals surface area contributed by atoms with E-state index in [-0.39, 0.29) is 17.5 Å². The molecule has 0 unspecified atom stereocenters. The Hall–Kier alpha value is -1.62. The first-order valence-electron chi connectivity index (χ1n) is 7.93. The van der Waals surface area contributed by atoms with Gasteiger partial charge in [0.1, 0.15) is 11.5 Å². The molecule has 0 bridgehead atoms. The third-order valence-corrected chi connectivity index (χ3v) is 5.88. The molecule has 2 aromatic rings. The zero-order chi connectivity index (χ0) is 20.0. The van der Waals surface area contributed by atoms with Crippen LogP contribution in [-0.4, -0.2) is 21.0 Å².